The number of aromatic nitrogens is 1. The van der Waals surface area contributed by atoms with Gasteiger partial charge in [-0.3, -0.25) is 0 Å². The Morgan fingerprint density at radius 3 is 2.90 bits per heavy atom. The molecule has 1 unspecified atom stereocenters. The third kappa shape index (κ3) is 4.58. The Kier molecular flexibility index (Phi) is 6.31. The van der Waals surface area contributed by atoms with E-state index in [2.05, 4.69) is 42.0 Å². The minimum Gasteiger partial charge on any atom is -0.352 e. The predicted molar refractivity (Wildman–Crippen MR) is 91.1 cm³/mol. The highest BCUT2D eigenvalue weighted by molar-refractivity contribution is 6.33. The van der Waals surface area contributed by atoms with Gasteiger partial charge in [-0.1, -0.05) is 32.4 Å². The molecule has 0 spiro atoms. The Labute approximate surface area is 134 Å². The quantitative estimate of drug-likeness (QED) is 0.851. The molecule has 1 aromatic rings. The second kappa shape index (κ2) is 8.00. The Hall–Kier alpha value is -0.800. The lowest BCUT2D eigenvalue weighted by Crippen LogP contribution is -2.39. The SMILES string of the molecule is CCC1CCCCN1c1ncc(CNCC(C)C)cc1Cl. The molecular weight excluding hydrogens is 282 g/mol. The van der Waals surface area contributed by atoms with E-state index in [1.807, 2.05) is 6.20 Å². The fourth-order valence-corrected chi connectivity index (χ4v) is 3.28. The minimum atomic E-state index is 0.591. The van der Waals surface area contributed by atoms with Gasteiger partial charge in [0.1, 0.15) is 5.82 Å². The van der Waals surface area contributed by atoms with Gasteiger partial charge in [-0.05, 0) is 49.8 Å². The maximum Gasteiger partial charge on any atom is 0.147 e. The van der Waals surface area contributed by atoms with Crippen LogP contribution in [0, 0.1) is 5.92 Å². The smallest absolute Gasteiger partial charge is 0.147 e. The van der Waals surface area contributed by atoms with Crippen molar-refractivity contribution in [2.45, 2.75) is 59.0 Å². The summed E-state index contributed by atoms with van der Waals surface area (Å²) >= 11 is 6.49. The second-order valence-electron chi connectivity index (χ2n) is 6.42. The van der Waals surface area contributed by atoms with Crippen molar-refractivity contribution in [2.75, 3.05) is 18.0 Å². The van der Waals surface area contributed by atoms with E-state index in [1.54, 1.807) is 0 Å². The van der Waals surface area contributed by atoms with Crippen LogP contribution in [0.4, 0.5) is 5.82 Å². The molecule has 0 aromatic carbocycles. The molecule has 0 bridgehead atoms. The standard InChI is InChI=1S/C17H28ClN3/c1-4-15-7-5-6-8-21(15)17-16(18)9-14(12-20-17)11-19-10-13(2)3/h9,12-13,15,19H,4-8,10-11H2,1-3H3. The fourth-order valence-electron chi connectivity index (χ4n) is 2.99. The van der Waals surface area contributed by atoms with Crippen molar-refractivity contribution in [1.29, 1.82) is 0 Å². The van der Waals surface area contributed by atoms with Crippen molar-refractivity contribution in [3.05, 3.63) is 22.8 Å². The first-order valence-electron chi connectivity index (χ1n) is 8.23. The zero-order valence-corrected chi connectivity index (χ0v) is 14.3. The highest BCUT2D eigenvalue weighted by Crippen LogP contribution is 2.30. The summed E-state index contributed by atoms with van der Waals surface area (Å²) in [6, 6.07) is 2.66. The number of piperidine rings is 1. The number of rotatable bonds is 6. The van der Waals surface area contributed by atoms with Crippen molar-refractivity contribution >= 4 is 17.4 Å². The van der Waals surface area contributed by atoms with Crippen molar-refractivity contribution in [3.8, 4) is 0 Å². The number of pyridine rings is 1. The van der Waals surface area contributed by atoms with Gasteiger partial charge >= 0.3 is 0 Å². The molecule has 1 N–H and O–H groups in total. The van der Waals surface area contributed by atoms with Crippen LogP contribution in [0.2, 0.25) is 5.02 Å². The Bertz CT molecular complexity index is 448. The van der Waals surface area contributed by atoms with Crippen LogP contribution in [0.1, 0.15) is 52.0 Å². The van der Waals surface area contributed by atoms with E-state index in [0.717, 1.165) is 42.5 Å². The highest BCUT2D eigenvalue weighted by atomic mass is 35.5. The van der Waals surface area contributed by atoms with E-state index < -0.39 is 0 Å². The van der Waals surface area contributed by atoms with E-state index >= 15 is 0 Å². The van der Waals surface area contributed by atoms with Crippen LogP contribution in [0.25, 0.3) is 0 Å². The summed E-state index contributed by atoms with van der Waals surface area (Å²) in [5.41, 5.74) is 1.16. The number of nitrogens with one attached hydrogen (secondary N) is 1. The fraction of sp³-hybridized carbons (Fsp3) is 0.706. The molecule has 3 nitrogen and oxygen atoms in total. The lowest BCUT2D eigenvalue weighted by atomic mass is 10.00. The van der Waals surface area contributed by atoms with Crippen molar-refractivity contribution in [3.63, 3.8) is 0 Å². The minimum absolute atomic E-state index is 0.591. The normalized spacial score (nSPS) is 19.3. The molecule has 1 aliphatic rings. The molecule has 0 saturated carbocycles. The summed E-state index contributed by atoms with van der Waals surface area (Å²) in [6.45, 7) is 9.61. The van der Waals surface area contributed by atoms with Gasteiger partial charge < -0.3 is 10.2 Å². The summed E-state index contributed by atoms with van der Waals surface area (Å²) in [5, 5.41) is 4.23. The number of halogens is 1. The molecule has 21 heavy (non-hydrogen) atoms. The van der Waals surface area contributed by atoms with E-state index in [9.17, 15) is 0 Å². The summed E-state index contributed by atoms with van der Waals surface area (Å²) in [6.07, 6.45) is 6.95. The topological polar surface area (TPSA) is 28.2 Å². The van der Waals surface area contributed by atoms with Gasteiger partial charge in [0.15, 0.2) is 0 Å². The monoisotopic (exact) mass is 309 g/mol. The lowest BCUT2D eigenvalue weighted by molar-refractivity contribution is 0.447. The first-order chi connectivity index (χ1) is 10.1. The molecule has 4 heteroatoms. The number of hydrogen-bond donors (Lipinski definition) is 1. The average molecular weight is 310 g/mol. The maximum absolute atomic E-state index is 6.49. The molecule has 2 rings (SSSR count). The zero-order valence-electron chi connectivity index (χ0n) is 13.5. The van der Waals surface area contributed by atoms with Gasteiger partial charge in [-0.25, -0.2) is 4.98 Å². The van der Waals surface area contributed by atoms with Crippen LogP contribution in [0.3, 0.4) is 0 Å². The Balaban J connectivity index is 2.04. The summed E-state index contributed by atoms with van der Waals surface area (Å²) in [4.78, 5) is 7.05. The molecule has 1 atom stereocenters. The summed E-state index contributed by atoms with van der Waals surface area (Å²) in [5.74, 6) is 1.63. The molecule has 1 fully saturated rings. The maximum atomic E-state index is 6.49. The molecule has 1 aromatic heterocycles. The second-order valence-corrected chi connectivity index (χ2v) is 6.83. The number of nitrogens with zero attached hydrogens (tertiary/aromatic N) is 2. The van der Waals surface area contributed by atoms with Gasteiger partial charge in [-0.15, -0.1) is 0 Å². The zero-order chi connectivity index (χ0) is 15.2. The van der Waals surface area contributed by atoms with Crippen LogP contribution in [-0.4, -0.2) is 24.1 Å². The molecular formula is C17H28ClN3. The Morgan fingerprint density at radius 2 is 2.24 bits per heavy atom. The molecule has 1 aliphatic heterocycles. The van der Waals surface area contributed by atoms with Crippen molar-refractivity contribution in [2.24, 2.45) is 5.92 Å². The third-order valence-electron chi connectivity index (χ3n) is 4.13. The average Bonchev–Trinajstić information content (AvgIpc) is 2.47. The van der Waals surface area contributed by atoms with Crippen LogP contribution >= 0.6 is 11.6 Å². The largest absolute Gasteiger partial charge is 0.352 e. The van der Waals surface area contributed by atoms with E-state index in [-0.39, 0.29) is 0 Å². The number of anilines is 1. The highest BCUT2D eigenvalue weighted by Gasteiger charge is 2.23. The summed E-state index contributed by atoms with van der Waals surface area (Å²) < 4.78 is 0. The van der Waals surface area contributed by atoms with Crippen LogP contribution < -0.4 is 10.2 Å². The Morgan fingerprint density at radius 1 is 1.43 bits per heavy atom. The van der Waals surface area contributed by atoms with Gasteiger partial charge in [0, 0.05) is 25.3 Å². The van der Waals surface area contributed by atoms with Crippen molar-refractivity contribution < 1.29 is 0 Å². The van der Waals surface area contributed by atoms with Crippen LogP contribution in [-0.2, 0) is 6.54 Å². The lowest BCUT2D eigenvalue weighted by Gasteiger charge is -2.36. The molecule has 0 amide bonds. The molecule has 0 aliphatic carbocycles. The van der Waals surface area contributed by atoms with E-state index in [1.165, 1.54) is 19.3 Å². The molecule has 118 valence electrons. The molecule has 1 saturated heterocycles. The van der Waals surface area contributed by atoms with Crippen LogP contribution in [0.5, 0.6) is 0 Å². The first kappa shape index (κ1) is 16.6. The van der Waals surface area contributed by atoms with Gasteiger partial charge in [0.2, 0.25) is 0 Å². The van der Waals surface area contributed by atoms with Gasteiger partial charge in [0.05, 0.1) is 5.02 Å². The predicted octanol–water partition coefficient (Wildman–Crippen LogP) is 4.25. The van der Waals surface area contributed by atoms with E-state index in [0.29, 0.717) is 12.0 Å². The van der Waals surface area contributed by atoms with Crippen LogP contribution in [0.15, 0.2) is 12.3 Å². The van der Waals surface area contributed by atoms with Gasteiger partial charge in [-0.2, -0.15) is 0 Å². The summed E-state index contributed by atoms with van der Waals surface area (Å²) in [7, 11) is 0. The first-order valence-corrected chi connectivity index (χ1v) is 8.61. The molecule has 0 radical (unpaired) electrons. The van der Waals surface area contributed by atoms with Crippen molar-refractivity contribution in [1.82, 2.24) is 10.3 Å². The molecule has 2 heterocycles. The van der Waals surface area contributed by atoms with Gasteiger partial charge in [0.25, 0.3) is 0 Å². The number of hydrogen-bond acceptors (Lipinski definition) is 3. The third-order valence-corrected chi connectivity index (χ3v) is 4.41. The van der Waals surface area contributed by atoms with E-state index in [4.69, 9.17) is 11.6 Å².